The Kier molecular flexibility index (Phi) is 9.33. The molecular weight excluding hydrogens is 460 g/mol. The third kappa shape index (κ3) is 7.27. The molecule has 0 aliphatic carbocycles. The van der Waals surface area contributed by atoms with Gasteiger partial charge in [0, 0.05) is 12.0 Å². The molecule has 0 saturated heterocycles. The molecule has 3 aromatic carbocycles. The average molecular weight is 489 g/mol. The molecule has 0 bridgehead atoms. The van der Waals surface area contributed by atoms with Crippen LogP contribution in [-0.4, -0.2) is 46.0 Å². The van der Waals surface area contributed by atoms with Gasteiger partial charge >= 0.3 is 12.1 Å². The van der Waals surface area contributed by atoms with Gasteiger partial charge in [-0.05, 0) is 36.6 Å². The van der Waals surface area contributed by atoms with Crippen molar-refractivity contribution in [3.8, 4) is 0 Å². The van der Waals surface area contributed by atoms with Gasteiger partial charge in [0.1, 0.15) is 12.6 Å². The number of carbonyl (C=O) groups is 4. The Morgan fingerprint density at radius 2 is 1.36 bits per heavy atom. The highest BCUT2D eigenvalue weighted by atomic mass is 16.6. The van der Waals surface area contributed by atoms with Crippen LogP contribution in [-0.2, 0) is 27.4 Å². The molecule has 2 N–H and O–H groups in total. The van der Waals surface area contributed by atoms with Crippen LogP contribution in [0.1, 0.15) is 34.8 Å². The number of Topliss-reactive ketones (excluding diaryl/α,β-unsaturated/α-hetero) is 1. The van der Waals surface area contributed by atoms with Crippen LogP contribution >= 0.6 is 0 Å². The number of rotatable bonds is 11. The number of nitrogens with one attached hydrogen (secondary N) is 1. The summed E-state index contributed by atoms with van der Waals surface area (Å²) in [6.45, 7) is 1.14. The summed E-state index contributed by atoms with van der Waals surface area (Å²) in [6, 6.07) is 24.8. The summed E-state index contributed by atoms with van der Waals surface area (Å²) in [4.78, 5) is 52.1. The molecule has 0 unspecified atom stereocenters. The van der Waals surface area contributed by atoms with Crippen molar-refractivity contribution in [2.45, 2.75) is 38.6 Å². The highest BCUT2D eigenvalue weighted by Gasteiger charge is 2.38. The molecule has 8 nitrogen and oxygen atoms in total. The van der Waals surface area contributed by atoms with Crippen LogP contribution in [0.3, 0.4) is 0 Å². The second-order valence-electron chi connectivity index (χ2n) is 8.16. The van der Waals surface area contributed by atoms with Crippen LogP contribution in [0.15, 0.2) is 91.0 Å². The zero-order valence-electron chi connectivity index (χ0n) is 19.9. The second-order valence-corrected chi connectivity index (χ2v) is 8.16. The molecular formula is C28H28N2O6. The van der Waals surface area contributed by atoms with Crippen molar-refractivity contribution in [1.29, 1.82) is 0 Å². The lowest BCUT2D eigenvalue weighted by molar-refractivity contribution is -0.144. The lowest BCUT2D eigenvalue weighted by Gasteiger charge is -2.33. The van der Waals surface area contributed by atoms with Crippen molar-refractivity contribution in [1.82, 2.24) is 10.2 Å². The van der Waals surface area contributed by atoms with Crippen molar-refractivity contribution in [3.63, 3.8) is 0 Å². The van der Waals surface area contributed by atoms with Gasteiger partial charge in [0.05, 0.1) is 0 Å². The Labute approximate surface area is 209 Å². The minimum Gasteiger partial charge on any atom is -0.480 e. The second kappa shape index (κ2) is 12.9. The number of amides is 2. The molecule has 2 atom stereocenters. The van der Waals surface area contributed by atoms with Crippen LogP contribution in [0.4, 0.5) is 4.79 Å². The number of nitrogens with zero attached hydrogens (tertiary/aromatic N) is 1. The van der Waals surface area contributed by atoms with Crippen molar-refractivity contribution in [2.75, 3.05) is 0 Å². The highest BCUT2D eigenvalue weighted by Crippen LogP contribution is 2.15. The third-order valence-corrected chi connectivity index (χ3v) is 5.58. The number of aliphatic carboxylic acids is 1. The summed E-state index contributed by atoms with van der Waals surface area (Å²) in [5, 5.41) is 12.3. The van der Waals surface area contributed by atoms with Crippen LogP contribution in [0.2, 0.25) is 0 Å². The lowest BCUT2D eigenvalue weighted by Crippen LogP contribution is -2.60. The van der Waals surface area contributed by atoms with Crippen molar-refractivity contribution >= 4 is 23.8 Å². The number of aryl methyl sites for hydroxylation is 1. The summed E-state index contributed by atoms with van der Waals surface area (Å²) in [7, 11) is 0. The van der Waals surface area contributed by atoms with E-state index in [2.05, 4.69) is 5.32 Å². The molecule has 0 heterocycles. The summed E-state index contributed by atoms with van der Waals surface area (Å²) in [6.07, 6.45) is -2.25. The van der Waals surface area contributed by atoms with E-state index in [1.807, 2.05) is 36.4 Å². The Morgan fingerprint density at radius 1 is 0.833 bits per heavy atom. The Bertz CT molecular complexity index is 1170. The molecule has 0 aliphatic heterocycles. The third-order valence-electron chi connectivity index (χ3n) is 5.58. The van der Waals surface area contributed by atoms with Crippen LogP contribution < -0.4 is 5.32 Å². The normalized spacial score (nSPS) is 12.1. The van der Waals surface area contributed by atoms with E-state index in [1.165, 1.54) is 6.92 Å². The van der Waals surface area contributed by atoms with Crippen LogP contribution in [0, 0.1) is 0 Å². The van der Waals surface area contributed by atoms with Crippen molar-refractivity contribution < 1.29 is 29.0 Å². The fourth-order valence-corrected chi connectivity index (χ4v) is 3.55. The van der Waals surface area contributed by atoms with E-state index >= 15 is 0 Å². The van der Waals surface area contributed by atoms with Crippen molar-refractivity contribution in [2.24, 2.45) is 0 Å². The smallest absolute Gasteiger partial charge is 0.412 e. The first kappa shape index (κ1) is 26.2. The molecule has 0 aromatic heterocycles. The number of carbonyl (C=O) groups excluding carboxylic acids is 3. The van der Waals surface area contributed by atoms with Gasteiger partial charge in [-0.15, -0.1) is 0 Å². The molecule has 0 spiro atoms. The van der Waals surface area contributed by atoms with E-state index in [4.69, 9.17) is 4.74 Å². The van der Waals surface area contributed by atoms with Gasteiger partial charge in [0.25, 0.3) is 5.91 Å². The molecule has 3 aromatic rings. The van der Waals surface area contributed by atoms with Gasteiger partial charge in [-0.2, -0.15) is 0 Å². The van der Waals surface area contributed by atoms with Gasteiger partial charge in [-0.3, -0.25) is 14.5 Å². The first-order chi connectivity index (χ1) is 17.4. The van der Waals surface area contributed by atoms with Gasteiger partial charge in [-0.1, -0.05) is 78.9 Å². The minimum absolute atomic E-state index is 0.0292. The maximum Gasteiger partial charge on any atom is 0.412 e. The zero-order chi connectivity index (χ0) is 25.9. The van der Waals surface area contributed by atoms with Crippen LogP contribution in [0.25, 0.3) is 0 Å². The zero-order valence-corrected chi connectivity index (χ0v) is 19.9. The van der Waals surface area contributed by atoms with Gasteiger partial charge in [0.15, 0.2) is 11.9 Å². The maximum atomic E-state index is 13.4. The van der Waals surface area contributed by atoms with Gasteiger partial charge < -0.3 is 15.2 Å². The van der Waals surface area contributed by atoms with E-state index in [1.54, 1.807) is 54.6 Å². The highest BCUT2D eigenvalue weighted by molar-refractivity contribution is 5.99. The van der Waals surface area contributed by atoms with E-state index in [0.717, 1.165) is 10.5 Å². The maximum absolute atomic E-state index is 13.4. The summed E-state index contributed by atoms with van der Waals surface area (Å²) in [5.41, 5.74) is 1.84. The van der Waals surface area contributed by atoms with Gasteiger partial charge in [0.2, 0.25) is 0 Å². The number of carboxylic acid groups (broad SMARTS) is 1. The topological polar surface area (TPSA) is 113 Å². The quantitative estimate of drug-likeness (QED) is 0.394. The molecule has 2 amide bonds. The number of ketones is 1. The average Bonchev–Trinajstić information content (AvgIpc) is 2.91. The number of hydrogen-bond acceptors (Lipinski definition) is 5. The van der Waals surface area contributed by atoms with Crippen molar-refractivity contribution in [3.05, 3.63) is 108 Å². The Morgan fingerprint density at radius 3 is 1.92 bits per heavy atom. The largest absolute Gasteiger partial charge is 0.480 e. The molecule has 3 rings (SSSR count). The number of hydrogen-bond donors (Lipinski definition) is 2. The minimum atomic E-state index is -1.55. The van der Waals surface area contributed by atoms with E-state index in [9.17, 15) is 24.3 Å². The Balaban J connectivity index is 1.87. The first-order valence-corrected chi connectivity index (χ1v) is 11.5. The van der Waals surface area contributed by atoms with E-state index in [-0.39, 0.29) is 18.6 Å². The summed E-state index contributed by atoms with van der Waals surface area (Å²) in [5.74, 6) is -2.48. The van der Waals surface area contributed by atoms with Gasteiger partial charge in [-0.25, -0.2) is 9.59 Å². The molecule has 0 saturated carbocycles. The monoisotopic (exact) mass is 488 g/mol. The first-order valence-electron chi connectivity index (χ1n) is 11.5. The predicted octanol–water partition coefficient (Wildman–Crippen LogP) is 4.06. The molecule has 8 heteroatoms. The summed E-state index contributed by atoms with van der Waals surface area (Å²) >= 11 is 0. The Hall–Kier alpha value is -4.46. The van der Waals surface area contributed by atoms with Crippen LogP contribution in [0.5, 0.6) is 0 Å². The van der Waals surface area contributed by atoms with E-state index in [0.29, 0.717) is 12.0 Å². The molecule has 0 radical (unpaired) electrons. The fourth-order valence-electron chi connectivity index (χ4n) is 3.55. The summed E-state index contributed by atoms with van der Waals surface area (Å²) < 4.78 is 5.36. The SMILES string of the molecule is C[C@@H](C(=O)O)N(C(=O)OCc1ccccc1)[C@H](NC(=O)c1ccccc1)C(=O)CCc1ccccc1. The number of ether oxygens (including phenoxy) is 1. The molecule has 186 valence electrons. The molecule has 36 heavy (non-hydrogen) atoms. The predicted molar refractivity (Wildman–Crippen MR) is 133 cm³/mol. The number of benzene rings is 3. The standard InChI is InChI=1S/C28H28N2O6/c1-20(27(33)34)30(28(35)36-19-22-13-7-3-8-14-22)25(29-26(32)23-15-9-4-10-16-23)24(31)18-17-21-11-5-2-6-12-21/h2-16,20,25H,17-19H2,1H3,(H,29,32)(H,33,34)/t20-,25-/m0/s1. The molecule has 0 aliphatic rings. The number of carboxylic acids is 1. The fraction of sp³-hybridized carbons (Fsp3) is 0.214. The van der Waals surface area contributed by atoms with E-state index < -0.39 is 36.0 Å². The molecule has 0 fully saturated rings. The lowest BCUT2D eigenvalue weighted by atomic mass is 10.0.